The van der Waals surface area contributed by atoms with Crippen molar-refractivity contribution in [3.63, 3.8) is 0 Å². The lowest BCUT2D eigenvalue weighted by Crippen LogP contribution is -2.41. The number of esters is 1. The second-order valence-electron chi connectivity index (χ2n) is 5.55. The number of nitrogens with one attached hydrogen (secondary N) is 1. The van der Waals surface area contributed by atoms with E-state index in [1.165, 1.54) is 0 Å². The molecule has 4 rings (SSSR count). The van der Waals surface area contributed by atoms with Gasteiger partial charge in [-0.15, -0.1) is 11.3 Å². The lowest BCUT2D eigenvalue weighted by molar-refractivity contribution is -0.130. The summed E-state index contributed by atoms with van der Waals surface area (Å²) >= 11 is 1.54. The Morgan fingerprint density at radius 1 is 1.21 bits per heavy atom. The highest BCUT2D eigenvalue weighted by molar-refractivity contribution is 7.18. The highest BCUT2D eigenvalue weighted by Gasteiger charge is 2.30. The first kappa shape index (κ1) is 14.8. The molecular formula is C18H14N2O3S. The van der Waals surface area contributed by atoms with Crippen LogP contribution in [0.3, 0.4) is 0 Å². The van der Waals surface area contributed by atoms with Crippen molar-refractivity contribution in [2.45, 2.75) is 19.1 Å². The fourth-order valence-corrected chi connectivity index (χ4v) is 3.66. The van der Waals surface area contributed by atoms with Crippen molar-refractivity contribution in [3.8, 4) is 0 Å². The summed E-state index contributed by atoms with van der Waals surface area (Å²) in [5.41, 5.74) is 2.30. The second-order valence-corrected chi connectivity index (χ2v) is 6.66. The summed E-state index contributed by atoms with van der Waals surface area (Å²) < 4.78 is 6.34. The molecule has 3 aromatic rings. The van der Waals surface area contributed by atoms with Gasteiger partial charge in [0.25, 0.3) is 5.91 Å². The summed E-state index contributed by atoms with van der Waals surface area (Å²) in [6.45, 7) is 0.327. The van der Waals surface area contributed by atoms with Gasteiger partial charge >= 0.3 is 5.97 Å². The molecular weight excluding hydrogens is 324 g/mol. The topological polar surface area (TPSA) is 68.3 Å². The van der Waals surface area contributed by atoms with Gasteiger partial charge in [0.2, 0.25) is 0 Å². The van der Waals surface area contributed by atoms with Crippen LogP contribution in [0.25, 0.3) is 10.2 Å². The summed E-state index contributed by atoms with van der Waals surface area (Å²) in [6.07, 6.45) is -0.394. The summed E-state index contributed by atoms with van der Waals surface area (Å²) in [4.78, 5) is 28.8. The van der Waals surface area contributed by atoms with Gasteiger partial charge in [0.1, 0.15) is 5.01 Å². The number of para-hydroxylation sites is 1. The predicted molar refractivity (Wildman–Crippen MR) is 90.8 cm³/mol. The van der Waals surface area contributed by atoms with Crippen LogP contribution >= 0.6 is 11.3 Å². The first-order valence-corrected chi connectivity index (χ1v) is 8.43. The van der Waals surface area contributed by atoms with Crippen LogP contribution in [0.2, 0.25) is 0 Å². The van der Waals surface area contributed by atoms with E-state index in [2.05, 4.69) is 10.3 Å². The summed E-state index contributed by atoms with van der Waals surface area (Å²) in [5.74, 6) is -0.742. The fraction of sp³-hybridized carbons (Fsp3) is 0.167. The van der Waals surface area contributed by atoms with E-state index in [1.807, 2.05) is 36.4 Å². The Kier molecular flexibility index (Phi) is 3.74. The zero-order valence-electron chi connectivity index (χ0n) is 12.7. The highest BCUT2D eigenvalue weighted by atomic mass is 32.1. The molecule has 0 saturated heterocycles. The van der Waals surface area contributed by atoms with Crippen molar-refractivity contribution < 1.29 is 14.3 Å². The van der Waals surface area contributed by atoms with Crippen LogP contribution in [-0.4, -0.2) is 23.0 Å². The van der Waals surface area contributed by atoms with E-state index in [4.69, 9.17) is 4.74 Å². The minimum absolute atomic E-state index is 0.294. The first-order chi connectivity index (χ1) is 11.7. The minimum atomic E-state index is -0.790. The summed E-state index contributed by atoms with van der Waals surface area (Å²) in [7, 11) is 0. The zero-order chi connectivity index (χ0) is 16.5. The Balaban J connectivity index is 1.44. The van der Waals surface area contributed by atoms with Crippen LogP contribution < -0.4 is 5.32 Å². The van der Waals surface area contributed by atoms with Gasteiger partial charge in [-0.3, -0.25) is 4.79 Å². The normalized spacial score (nSPS) is 16.5. The Morgan fingerprint density at radius 3 is 2.88 bits per heavy atom. The number of amides is 1. The SMILES string of the molecule is O=C1O[C@H](C(=O)NCc2nc3ccccc3s2)Cc2ccccc21. The number of cyclic esters (lactones) is 1. The monoisotopic (exact) mass is 338 g/mol. The molecule has 0 fully saturated rings. The largest absolute Gasteiger partial charge is 0.448 e. The molecule has 24 heavy (non-hydrogen) atoms. The average Bonchev–Trinajstić information content (AvgIpc) is 3.02. The standard InChI is InChI=1S/C18H14N2O3S/c21-17(14-9-11-5-1-2-6-12(11)18(22)23-14)19-10-16-20-13-7-3-4-8-15(13)24-16/h1-8,14H,9-10H2,(H,19,21)/t14-/m0/s1. The summed E-state index contributed by atoms with van der Waals surface area (Å²) in [6, 6.07) is 15.0. The lowest BCUT2D eigenvalue weighted by Gasteiger charge is -2.23. The van der Waals surface area contributed by atoms with Crippen molar-refractivity contribution in [2.24, 2.45) is 0 Å². The smallest absolute Gasteiger partial charge is 0.339 e. The van der Waals surface area contributed by atoms with E-state index in [-0.39, 0.29) is 5.91 Å². The van der Waals surface area contributed by atoms with Gasteiger partial charge in [-0.1, -0.05) is 30.3 Å². The molecule has 120 valence electrons. The molecule has 0 spiro atoms. The maximum atomic E-state index is 12.3. The average molecular weight is 338 g/mol. The molecule has 0 unspecified atom stereocenters. The van der Waals surface area contributed by atoms with Gasteiger partial charge < -0.3 is 10.1 Å². The van der Waals surface area contributed by atoms with Crippen LogP contribution in [0.15, 0.2) is 48.5 Å². The maximum Gasteiger partial charge on any atom is 0.339 e. The van der Waals surface area contributed by atoms with Crippen molar-refractivity contribution >= 4 is 33.4 Å². The van der Waals surface area contributed by atoms with E-state index < -0.39 is 12.1 Å². The Hall–Kier alpha value is -2.73. The summed E-state index contributed by atoms with van der Waals surface area (Å²) in [5, 5.41) is 3.64. The minimum Gasteiger partial charge on any atom is -0.448 e. The predicted octanol–water partition coefficient (Wildman–Crippen LogP) is 2.69. The number of carbonyl (C=O) groups is 2. The number of aromatic nitrogens is 1. The number of fused-ring (bicyclic) bond motifs is 2. The number of hydrogen-bond donors (Lipinski definition) is 1. The Morgan fingerprint density at radius 2 is 2.00 bits per heavy atom. The third kappa shape index (κ3) is 2.76. The molecule has 0 saturated carbocycles. The number of nitrogens with zero attached hydrogens (tertiary/aromatic N) is 1. The Labute approximate surface area is 142 Å². The van der Waals surface area contributed by atoms with Gasteiger partial charge in [0.05, 0.1) is 22.3 Å². The lowest BCUT2D eigenvalue weighted by atomic mass is 9.98. The number of thiazole rings is 1. The molecule has 1 aliphatic rings. The quantitative estimate of drug-likeness (QED) is 0.746. The molecule has 0 aliphatic carbocycles. The molecule has 1 aromatic heterocycles. The first-order valence-electron chi connectivity index (χ1n) is 7.62. The number of hydrogen-bond acceptors (Lipinski definition) is 5. The van der Waals surface area contributed by atoms with Crippen LogP contribution in [0.5, 0.6) is 0 Å². The van der Waals surface area contributed by atoms with Crippen LogP contribution in [0.4, 0.5) is 0 Å². The number of benzene rings is 2. The second kappa shape index (κ2) is 6.05. The molecule has 1 atom stereocenters. The van der Waals surface area contributed by atoms with E-state index >= 15 is 0 Å². The van der Waals surface area contributed by atoms with Crippen molar-refractivity contribution in [3.05, 3.63) is 64.7 Å². The maximum absolute atomic E-state index is 12.3. The van der Waals surface area contributed by atoms with Crippen molar-refractivity contribution in [1.82, 2.24) is 10.3 Å². The van der Waals surface area contributed by atoms with E-state index in [0.29, 0.717) is 18.5 Å². The van der Waals surface area contributed by atoms with E-state index in [0.717, 1.165) is 20.8 Å². The highest BCUT2D eigenvalue weighted by Crippen LogP contribution is 2.22. The van der Waals surface area contributed by atoms with Gasteiger partial charge in [-0.05, 0) is 23.8 Å². The molecule has 0 bridgehead atoms. The van der Waals surface area contributed by atoms with Gasteiger partial charge in [-0.25, -0.2) is 9.78 Å². The van der Waals surface area contributed by atoms with Gasteiger partial charge in [0.15, 0.2) is 6.10 Å². The molecule has 6 heteroatoms. The van der Waals surface area contributed by atoms with Crippen LogP contribution in [0, 0.1) is 0 Å². The Bertz CT molecular complexity index is 902. The van der Waals surface area contributed by atoms with Crippen LogP contribution in [-0.2, 0) is 22.5 Å². The third-order valence-corrected chi connectivity index (χ3v) is 4.97. The van der Waals surface area contributed by atoms with Gasteiger partial charge in [0, 0.05) is 6.42 Å². The number of rotatable bonds is 3. The molecule has 1 aliphatic heterocycles. The zero-order valence-corrected chi connectivity index (χ0v) is 13.5. The fourth-order valence-electron chi connectivity index (χ4n) is 2.75. The molecule has 0 radical (unpaired) electrons. The van der Waals surface area contributed by atoms with Crippen LogP contribution in [0.1, 0.15) is 20.9 Å². The molecule has 2 aromatic carbocycles. The molecule has 5 nitrogen and oxygen atoms in total. The van der Waals surface area contributed by atoms with Gasteiger partial charge in [-0.2, -0.15) is 0 Å². The van der Waals surface area contributed by atoms with Crippen molar-refractivity contribution in [2.75, 3.05) is 0 Å². The number of ether oxygens (including phenoxy) is 1. The van der Waals surface area contributed by atoms with E-state index in [9.17, 15) is 9.59 Å². The van der Waals surface area contributed by atoms with E-state index in [1.54, 1.807) is 23.5 Å². The van der Waals surface area contributed by atoms with Crippen molar-refractivity contribution in [1.29, 1.82) is 0 Å². The molecule has 2 heterocycles. The number of carbonyl (C=O) groups excluding carboxylic acids is 2. The molecule has 1 amide bonds. The third-order valence-electron chi connectivity index (χ3n) is 3.94. The molecule has 1 N–H and O–H groups in total.